The van der Waals surface area contributed by atoms with E-state index in [1.807, 2.05) is 19.9 Å². The smallest absolute Gasteiger partial charge is 0.336 e. The molecule has 0 spiro atoms. The van der Waals surface area contributed by atoms with Crippen LogP contribution in [0.1, 0.15) is 36.0 Å². The fourth-order valence-electron chi connectivity index (χ4n) is 3.58. The average molecular weight is 378 g/mol. The average Bonchev–Trinajstić information content (AvgIpc) is 2.55. The molecular formula is C19H26N2O4S. The third-order valence-electron chi connectivity index (χ3n) is 5.15. The molecule has 1 aliphatic rings. The van der Waals surface area contributed by atoms with Crippen LogP contribution in [0.25, 0.3) is 11.0 Å². The molecule has 0 radical (unpaired) electrons. The van der Waals surface area contributed by atoms with Gasteiger partial charge in [-0.2, -0.15) is 0 Å². The number of nitrogens with one attached hydrogen (secondary N) is 1. The lowest BCUT2D eigenvalue weighted by atomic mass is 9.99. The zero-order valence-corrected chi connectivity index (χ0v) is 16.4. The van der Waals surface area contributed by atoms with Crippen molar-refractivity contribution in [1.29, 1.82) is 0 Å². The molecule has 1 aliphatic heterocycles. The van der Waals surface area contributed by atoms with Crippen LogP contribution in [0.2, 0.25) is 0 Å². The van der Waals surface area contributed by atoms with Crippen molar-refractivity contribution in [2.45, 2.75) is 45.7 Å². The summed E-state index contributed by atoms with van der Waals surface area (Å²) in [7, 11) is -3.21. The van der Waals surface area contributed by atoms with Gasteiger partial charge in [-0.3, -0.25) is 4.90 Å². The van der Waals surface area contributed by atoms with E-state index in [4.69, 9.17) is 4.42 Å². The number of piperidine rings is 1. The Morgan fingerprint density at radius 2 is 1.92 bits per heavy atom. The second kappa shape index (κ2) is 7.50. The standard InChI is InChI=1S/C19H26N2O4S/c1-13-8-17-15(10-19(22)25-18(17)9-14(13)2)12-21-7-5-4-6-16(21)11-20-26(3,23)24/h8-10,16,20H,4-7,11-12H2,1-3H3/t16-/m0/s1. The number of sulfonamides is 1. The van der Waals surface area contributed by atoms with Crippen LogP contribution in [0, 0.1) is 13.8 Å². The predicted molar refractivity (Wildman–Crippen MR) is 103 cm³/mol. The maximum absolute atomic E-state index is 12.0. The lowest BCUT2D eigenvalue weighted by Crippen LogP contribution is -2.46. The van der Waals surface area contributed by atoms with Crippen molar-refractivity contribution < 1.29 is 12.8 Å². The molecule has 3 rings (SSSR count). The van der Waals surface area contributed by atoms with E-state index >= 15 is 0 Å². The Hall–Kier alpha value is -1.70. The molecule has 0 saturated carbocycles. The summed E-state index contributed by atoms with van der Waals surface area (Å²) in [5, 5.41) is 0.952. The van der Waals surface area contributed by atoms with Gasteiger partial charge in [0.15, 0.2) is 0 Å². The molecule has 1 fully saturated rings. The van der Waals surface area contributed by atoms with Crippen molar-refractivity contribution in [2.24, 2.45) is 0 Å². The van der Waals surface area contributed by atoms with Crippen molar-refractivity contribution >= 4 is 21.0 Å². The van der Waals surface area contributed by atoms with E-state index in [0.717, 1.165) is 47.9 Å². The highest BCUT2D eigenvalue weighted by Gasteiger charge is 2.24. The highest BCUT2D eigenvalue weighted by Crippen LogP contribution is 2.25. The number of rotatable bonds is 5. The molecule has 0 aliphatic carbocycles. The fourth-order valence-corrected chi connectivity index (χ4v) is 4.07. The zero-order chi connectivity index (χ0) is 18.9. The molecule has 1 atom stereocenters. The Morgan fingerprint density at radius 1 is 1.19 bits per heavy atom. The minimum Gasteiger partial charge on any atom is -0.423 e. The van der Waals surface area contributed by atoms with Gasteiger partial charge in [0, 0.05) is 30.6 Å². The first-order valence-electron chi connectivity index (χ1n) is 8.95. The largest absolute Gasteiger partial charge is 0.423 e. The number of benzene rings is 1. The Labute approximate surface area is 154 Å². The highest BCUT2D eigenvalue weighted by molar-refractivity contribution is 7.88. The predicted octanol–water partition coefficient (Wildman–Crippen LogP) is 2.31. The Morgan fingerprint density at radius 3 is 2.65 bits per heavy atom. The zero-order valence-electron chi connectivity index (χ0n) is 15.5. The van der Waals surface area contributed by atoms with Crippen molar-refractivity contribution in [3.8, 4) is 0 Å². The van der Waals surface area contributed by atoms with Crippen molar-refractivity contribution in [2.75, 3.05) is 19.3 Å². The summed E-state index contributed by atoms with van der Waals surface area (Å²) in [6.45, 7) is 5.95. The maximum Gasteiger partial charge on any atom is 0.336 e. The molecule has 0 bridgehead atoms. The van der Waals surface area contributed by atoms with Gasteiger partial charge in [-0.15, -0.1) is 0 Å². The minimum absolute atomic E-state index is 0.132. The van der Waals surface area contributed by atoms with Crippen LogP contribution < -0.4 is 10.3 Å². The first kappa shape index (κ1) is 19.1. The molecule has 142 valence electrons. The van der Waals surface area contributed by atoms with E-state index in [0.29, 0.717) is 18.7 Å². The third kappa shape index (κ3) is 4.52. The summed E-state index contributed by atoms with van der Waals surface area (Å²) >= 11 is 0. The quantitative estimate of drug-likeness (QED) is 0.808. The number of hydrogen-bond donors (Lipinski definition) is 1. The van der Waals surface area contributed by atoms with Gasteiger partial charge >= 0.3 is 5.63 Å². The number of hydrogen-bond acceptors (Lipinski definition) is 5. The molecule has 6 nitrogen and oxygen atoms in total. The highest BCUT2D eigenvalue weighted by atomic mass is 32.2. The molecule has 7 heteroatoms. The van der Waals surface area contributed by atoms with Crippen LogP contribution >= 0.6 is 0 Å². The van der Waals surface area contributed by atoms with Crippen molar-refractivity contribution in [3.63, 3.8) is 0 Å². The lowest BCUT2D eigenvalue weighted by Gasteiger charge is -2.35. The van der Waals surface area contributed by atoms with Crippen LogP contribution in [0.3, 0.4) is 0 Å². The van der Waals surface area contributed by atoms with Crippen molar-refractivity contribution in [1.82, 2.24) is 9.62 Å². The Kier molecular flexibility index (Phi) is 5.50. The van der Waals surface area contributed by atoms with Gasteiger partial charge in [0.05, 0.1) is 6.26 Å². The van der Waals surface area contributed by atoms with Gasteiger partial charge in [-0.05, 0) is 62.1 Å². The van der Waals surface area contributed by atoms with Gasteiger partial charge < -0.3 is 4.42 Å². The monoisotopic (exact) mass is 378 g/mol. The number of aryl methyl sites for hydroxylation is 2. The Balaban J connectivity index is 1.90. The minimum atomic E-state index is -3.21. The van der Waals surface area contributed by atoms with E-state index in [2.05, 4.69) is 15.7 Å². The van der Waals surface area contributed by atoms with E-state index in [-0.39, 0.29) is 11.7 Å². The SMILES string of the molecule is Cc1cc2oc(=O)cc(CN3CCCC[C@H]3CNS(C)(=O)=O)c2cc1C. The summed E-state index contributed by atoms with van der Waals surface area (Å²) in [4.78, 5) is 14.3. The second-order valence-corrected chi connectivity index (χ2v) is 9.10. The van der Waals surface area contributed by atoms with Crippen LogP contribution in [0.15, 0.2) is 27.4 Å². The van der Waals surface area contributed by atoms with Crippen LogP contribution in [-0.4, -0.2) is 38.7 Å². The third-order valence-corrected chi connectivity index (χ3v) is 5.84. The number of likely N-dealkylation sites (tertiary alicyclic amines) is 1. The van der Waals surface area contributed by atoms with Crippen LogP contribution in [0.5, 0.6) is 0 Å². The molecule has 0 amide bonds. The summed E-state index contributed by atoms with van der Waals surface area (Å²) in [6.07, 6.45) is 4.29. The van der Waals surface area contributed by atoms with E-state index < -0.39 is 10.0 Å². The summed E-state index contributed by atoms with van der Waals surface area (Å²) in [5.74, 6) is 0. The molecule has 1 N–H and O–H groups in total. The summed E-state index contributed by atoms with van der Waals surface area (Å²) < 4.78 is 30.9. The first-order chi connectivity index (χ1) is 12.2. The molecule has 2 aromatic rings. The normalized spacial score (nSPS) is 19.1. The maximum atomic E-state index is 12.0. The molecule has 1 aromatic heterocycles. The van der Waals surface area contributed by atoms with Crippen LogP contribution in [-0.2, 0) is 16.6 Å². The van der Waals surface area contributed by atoms with Gasteiger partial charge in [0.25, 0.3) is 0 Å². The van der Waals surface area contributed by atoms with E-state index in [9.17, 15) is 13.2 Å². The topological polar surface area (TPSA) is 79.6 Å². The fraction of sp³-hybridized carbons (Fsp3) is 0.526. The van der Waals surface area contributed by atoms with Crippen LogP contribution in [0.4, 0.5) is 0 Å². The van der Waals surface area contributed by atoms with E-state index in [1.54, 1.807) is 6.07 Å². The number of fused-ring (bicyclic) bond motifs is 1. The van der Waals surface area contributed by atoms with E-state index in [1.165, 1.54) is 6.26 Å². The first-order valence-corrected chi connectivity index (χ1v) is 10.8. The lowest BCUT2D eigenvalue weighted by molar-refractivity contribution is 0.142. The molecule has 1 saturated heterocycles. The van der Waals surface area contributed by atoms with Gasteiger partial charge in [-0.25, -0.2) is 17.9 Å². The summed E-state index contributed by atoms with van der Waals surface area (Å²) in [5.41, 5.74) is 3.44. The Bertz CT molecular complexity index is 965. The van der Waals surface area contributed by atoms with Gasteiger partial charge in [0.1, 0.15) is 5.58 Å². The molecular weight excluding hydrogens is 352 g/mol. The van der Waals surface area contributed by atoms with Gasteiger partial charge in [0.2, 0.25) is 10.0 Å². The molecule has 1 aromatic carbocycles. The number of nitrogens with zero attached hydrogens (tertiary/aromatic N) is 1. The second-order valence-electron chi connectivity index (χ2n) is 7.26. The summed E-state index contributed by atoms with van der Waals surface area (Å²) in [6, 6.07) is 5.67. The molecule has 2 heterocycles. The molecule has 0 unspecified atom stereocenters. The van der Waals surface area contributed by atoms with Gasteiger partial charge in [-0.1, -0.05) is 6.42 Å². The van der Waals surface area contributed by atoms with Crippen molar-refractivity contribution in [3.05, 3.63) is 45.3 Å². The molecule has 26 heavy (non-hydrogen) atoms.